The Hall–Kier alpha value is -1.62. The predicted molar refractivity (Wildman–Crippen MR) is 84.7 cm³/mol. The smallest absolute Gasteiger partial charge is 0.160 e. The van der Waals surface area contributed by atoms with Crippen LogP contribution < -0.4 is 5.32 Å². The monoisotopic (exact) mass is 320 g/mol. The van der Waals surface area contributed by atoms with Gasteiger partial charge in [-0.1, -0.05) is 35.3 Å². The first-order valence-electron chi connectivity index (χ1n) is 6.62. The van der Waals surface area contributed by atoms with Crippen molar-refractivity contribution in [3.8, 4) is 0 Å². The Kier molecular flexibility index (Phi) is 4.10. The first-order chi connectivity index (χ1) is 10.1. The molecular weight excluding hydrogens is 307 g/mol. The average Bonchev–Trinajstić information content (AvgIpc) is 2.90. The van der Waals surface area contributed by atoms with Gasteiger partial charge >= 0.3 is 0 Å². The molecule has 108 valence electrons. The van der Waals surface area contributed by atoms with E-state index in [4.69, 9.17) is 23.2 Å². The molecule has 0 aliphatic heterocycles. The van der Waals surface area contributed by atoms with Crippen LogP contribution >= 0.6 is 23.2 Å². The Balaban J connectivity index is 1.76. The van der Waals surface area contributed by atoms with E-state index in [1.807, 2.05) is 47.9 Å². The lowest BCUT2D eigenvalue weighted by Gasteiger charge is -2.13. The summed E-state index contributed by atoms with van der Waals surface area (Å²) in [6.45, 7) is 2.69. The second-order valence-electron chi connectivity index (χ2n) is 4.83. The van der Waals surface area contributed by atoms with Crippen LogP contribution in [-0.2, 0) is 6.54 Å². The summed E-state index contributed by atoms with van der Waals surface area (Å²) in [5.41, 5.74) is 1.84. The summed E-state index contributed by atoms with van der Waals surface area (Å²) in [4.78, 5) is 0. The highest BCUT2D eigenvalue weighted by molar-refractivity contribution is 6.35. The largest absolute Gasteiger partial charge is 0.303 e. The maximum atomic E-state index is 6.18. The van der Waals surface area contributed by atoms with E-state index in [0.717, 1.165) is 17.0 Å². The third-order valence-corrected chi connectivity index (χ3v) is 3.93. The van der Waals surface area contributed by atoms with Crippen molar-refractivity contribution in [2.24, 2.45) is 0 Å². The molecule has 1 aromatic carbocycles. The van der Waals surface area contributed by atoms with Crippen LogP contribution in [0.1, 0.15) is 24.4 Å². The molecule has 0 saturated heterocycles. The maximum Gasteiger partial charge on any atom is 0.160 e. The molecule has 0 aliphatic carbocycles. The van der Waals surface area contributed by atoms with Crippen LogP contribution in [0.5, 0.6) is 0 Å². The van der Waals surface area contributed by atoms with E-state index in [1.165, 1.54) is 0 Å². The van der Waals surface area contributed by atoms with E-state index in [-0.39, 0.29) is 6.04 Å². The molecule has 0 spiro atoms. The zero-order valence-electron chi connectivity index (χ0n) is 11.4. The van der Waals surface area contributed by atoms with Gasteiger partial charge in [-0.2, -0.15) is 0 Å². The topological polar surface area (TPSA) is 42.2 Å². The van der Waals surface area contributed by atoms with Gasteiger partial charge in [-0.3, -0.25) is 4.40 Å². The number of hydrogen-bond donors (Lipinski definition) is 1. The van der Waals surface area contributed by atoms with E-state index in [0.29, 0.717) is 16.6 Å². The van der Waals surface area contributed by atoms with Crippen molar-refractivity contribution >= 4 is 28.8 Å². The highest BCUT2D eigenvalue weighted by Crippen LogP contribution is 2.21. The third-order valence-electron chi connectivity index (χ3n) is 3.34. The molecule has 0 unspecified atom stereocenters. The lowest BCUT2D eigenvalue weighted by atomic mass is 10.2. The number of aromatic nitrogens is 3. The van der Waals surface area contributed by atoms with Gasteiger partial charge in [0.05, 0.1) is 6.04 Å². The van der Waals surface area contributed by atoms with E-state index >= 15 is 0 Å². The summed E-state index contributed by atoms with van der Waals surface area (Å²) < 4.78 is 1.97. The number of nitrogens with zero attached hydrogens (tertiary/aromatic N) is 3. The molecule has 0 fully saturated rings. The van der Waals surface area contributed by atoms with Crippen molar-refractivity contribution in [1.29, 1.82) is 0 Å². The lowest BCUT2D eigenvalue weighted by molar-refractivity contribution is 0.541. The molecule has 1 N–H and O–H groups in total. The molecule has 0 aliphatic rings. The molecule has 21 heavy (non-hydrogen) atoms. The fourth-order valence-electron chi connectivity index (χ4n) is 2.17. The number of halogens is 2. The zero-order chi connectivity index (χ0) is 14.8. The first kappa shape index (κ1) is 14.3. The second-order valence-corrected chi connectivity index (χ2v) is 5.67. The standard InChI is InChI=1S/C15H14Cl2N4/c1-10(15-20-19-14-4-2-3-7-21(14)15)18-9-11-5-6-12(16)8-13(11)17/h2-8,10,18H,9H2,1H3/t10-/m0/s1. The van der Waals surface area contributed by atoms with Crippen molar-refractivity contribution < 1.29 is 0 Å². The molecule has 2 heterocycles. The predicted octanol–water partition coefficient (Wildman–Crippen LogP) is 3.89. The molecule has 4 nitrogen and oxygen atoms in total. The van der Waals surface area contributed by atoms with Crippen LogP contribution in [0.3, 0.4) is 0 Å². The number of benzene rings is 1. The highest BCUT2D eigenvalue weighted by atomic mass is 35.5. The molecule has 0 bridgehead atoms. The number of fused-ring (bicyclic) bond motifs is 1. The van der Waals surface area contributed by atoms with Crippen LogP contribution in [0.4, 0.5) is 0 Å². The minimum Gasteiger partial charge on any atom is -0.303 e. The van der Waals surface area contributed by atoms with Gasteiger partial charge in [0.1, 0.15) is 0 Å². The normalized spacial score (nSPS) is 12.7. The van der Waals surface area contributed by atoms with Gasteiger partial charge in [-0.05, 0) is 36.8 Å². The summed E-state index contributed by atoms with van der Waals surface area (Å²) >= 11 is 12.1. The minimum absolute atomic E-state index is 0.0501. The van der Waals surface area contributed by atoms with E-state index < -0.39 is 0 Å². The molecule has 0 amide bonds. The third kappa shape index (κ3) is 3.02. The van der Waals surface area contributed by atoms with Crippen molar-refractivity contribution in [1.82, 2.24) is 19.9 Å². The number of rotatable bonds is 4. The van der Waals surface area contributed by atoms with Crippen molar-refractivity contribution in [2.75, 3.05) is 0 Å². The zero-order valence-corrected chi connectivity index (χ0v) is 12.9. The Morgan fingerprint density at radius 1 is 1.19 bits per heavy atom. The minimum atomic E-state index is 0.0501. The molecule has 2 aromatic heterocycles. The van der Waals surface area contributed by atoms with Crippen LogP contribution in [0.2, 0.25) is 10.0 Å². The summed E-state index contributed by atoms with van der Waals surface area (Å²) in [6, 6.07) is 11.4. The summed E-state index contributed by atoms with van der Waals surface area (Å²) in [6.07, 6.45) is 1.96. The van der Waals surface area contributed by atoms with Gasteiger partial charge in [-0.25, -0.2) is 0 Å². The van der Waals surface area contributed by atoms with Crippen LogP contribution in [0, 0.1) is 0 Å². The molecule has 6 heteroatoms. The van der Waals surface area contributed by atoms with Gasteiger partial charge in [0, 0.05) is 22.8 Å². The molecule has 0 radical (unpaired) electrons. The van der Waals surface area contributed by atoms with Crippen LogP contribution in [0.15, 0.2) is 42.6 Å². The molecule has 3 rings (SSSR count). The molecule has 1 atom stereocenters. The fraction of sp³-hybridized carbons (Fsp3) is 0.200. The molecule has 0 saturated carbocycles. The van der Waals surface area contributed by atoms with Crippen LogP contribution in [0.25, 0.3) is 5.65 Å². The summed E-state index contributed by atoms with van der Waals surface area (Å²) in [5, 5.41) is 13.1. The Labute approximate surface area is 132 Å². The first-order valence-corrected chi connectivity index (χ1v) is 7.38. The Bertz CT molecular complexity index is 769. The Morgan fingerprint density at radius 2 is 2.05 bits per heavy atom. The summed E-state index contributed by atoms with van der Waals surface area (Å²) in [7, 11) is 0. The van der Waals surface area contributed by atoms with E-state index in [1.54, 1.807) is 6.07 Å². The van der Waals surface area contributed by atoms with Crippen LogP contribution in [-0.4, -0.2) is 14.6 Å². The maximum absolute atomic E-state index is 6.18. The van der Waals surface area contributed by atoms with Gasteiger partial charge in [-0.15, -0.1) is 10.2 Å². The number of hydrogen-bond acceptors (Lipinski definition) is 3. The van der Waals surface area contributed by atoms with Gasteiger partial charge in [0.15, 0.2) is 11.5 Å². The quantitative estimate of drug-likeness (QED) is 0.793. The van der Waals surface area contributed by atoms with Gasteiger partial charge in [0.25, 0.3) is 0 Å². The average molecular weight is 321 g/mol. The SMILES string of the molecule is C[C@H](NCc1ccc(Cl)cc1Cl)c1nnc2ccccn12. The number of nitrogens with one attached hydrogen (secondary N) is 1. The van der Waals surface area contributed by atoms with Gasteiger partial charge in [0.2, 0.25) is 0 Å². The summed E-state index contributed by atoms with van der Waals surface area (Å²) in [5.74, 6) is 0.871. The lowest BCUT2D eigenvalue weighted by Crippen LogP contribution is -2.20. The fourth-order valence-corrected chi connectivity index (χ4v) is 2.65. The molecular formula is C15H14Cl2N4. The van der Waals surface area contributed by atoms with Crippen molar-refractivity contribution in [2.45, 2.75) is 19.5 Å². The van der Waals surface area contributed by atoms with Crippen molar-refractivity contribution in [3.63, 3.8) is 0 Å². The second kappa shape index (κ2) is 6.02. The van der Waals surface area contributed by atoms with E-state index in [2.05, 4.69) is 15.5 Å². The number of pyridine rings is 1. The molecule has 3 aromatic rings. The Morgan fingerprint density at radius 3 is 2.86 bits per heavy atom. The van der Waals surface area contributed by atoms with Crippen molar-refractivity contribution in [3.05, 3.63) is 64.0 Å². The highest BCUT2D eigenvalue weighted by Gasteiger charge is 2.13. The van der Waals surface area contributed by atoms with E-state index in [9.17, 15) is 0 Å². The van der Waals surface area contributed by atoms with Gasteiger partial charge < -0.3 is 5.32 Å².